The van der Waals surface area contributed by atoms with Gasteiger partial charge in [0.25, 0.3) is 0 Å². The number of thiazole rings is 1. The molecule has 11 heteroatoms. The Hall–Kier alpha value is -1.72. The van der Waals surface area contributed by atoms with Gasteiger partial charge in [-0.2, -0.15) is 13.2 Å². The average molecular weight is 449 g/mol. The van der Waals surface area contributed by atoms with Gasteiger partial charge in [0.2, 0.25) is 5.91 Å². The Balaban J connectivity index is 0.000000318. The molecule has 1 saturated carbocycles. The lowest BCUT2D eigenvalue weighted by Crippen LogP contribution is -2.64. The number of carboxylic acid groups (broad SMARTS) is 1. The molecule has 0 bridgehead atoms. The molecule has 4 rings (SSSR count). The zero-order valence-electron chi connectivity index (χ0n) is 16.7. The lowest BCUT2D eigenvalue weighted by atomic mass is 9.82. The Morgan fingerprint density at radius 1 is 1.37 bits per heavy atom. The summed E-state index contributed by atoms with van der Waals surface area (Å²) in [5.74, 6) is -1.84. The number of aromatic nitrogens is 1. The second-order valence-electron chi connectivity index (χ2n) is 8.02. The third-order valence-electron chi connectivity index (χ3n) is 5.97. The standard InChI is InChI=1S/C17H25N3O2S.C2HF3O2/c1-13-17(22-12-16(21)20(13)10-14-2-3-14)4-7-19(8-5-17)11-15-18-6-9-23-15;3-2(4,5)1(6)7/h6,9,13-14H,2-5,7-8,10-12H2,1H3;(H,6,7). The Morgan fingerprint density at radius 3 is 2.50 bits per heavy atom. The van der Waals surface area contributed by atoms with Gasteiger partial charge in [0.15, 0.2) is 0 Å². The quantitative estimate of drug-likeness (QED) is 0.761. The fourth-order valence-corrected chi connectivity index (χ4v) is 4.58. The number of amides is 1. The third-order valence-corrected chi connectivity index (χ3v) is 6.74. The smallest absolute Gasteiger partial charge is 0.475 e. The average Bonchev–Trinajstić information content (AvgIpc) is 3.37. The summed E-state index contributed by atoms with van der Waals surface area (Å²) in [6.45, 7) is 6.38. The number of alkyl halides is 3. The van der Waals surface area contributed by atoms with E-state index in [-0.39, 0.29) is 24.2 Å². The van der Waals surface area contributed by atoms with Crippen LogP contribution in [0.15, 0.2) is 11.6 Å². The topological polar surface area (TPSA) is 83.0 Å². The minimum atomic E-state index is -5.08. The van der Waals surface area contributed by atoms with Gasteiger partial charge in [-0.1, -0.05) is 0 Å². The van der Waals surface area contributed by atoms with Crippen molar-refractivity contribution in [2.24, 2.45) is 5.92 Å². The summed E-state index contributed by atoms with van der Waals surface area (Å²) in [7, 11) is 0. The van der Waals surface area contributed by atoms with Crippen molar-refractivity contribution in [1.29, 1.82) is 0 Å². The van der Waals surface area contributed by atoms with Gasteiger partial charge in [0.05, 0.1) is 18.2 Å². The molecule has 3 aliphatic rings. The minimum absolute atomic E-state index is 0.137. The van der Waals surface area contributed by atoms with Crippen LogP contribution in [-0.4, -0.2) is 75.8 Å². The number of carbonyl (C=O) groups is 2. The summed E-state index contributed by atoms with van der Waals surface area (Å²) in [5, 5.41) is 10.3. The van der Waals surface area contributed by atoms with Crippen LogP contribution in [0.5, 0.6) is 0 Å². The first-order valence-electron chi connectivity index (χ1n) is 9.95. The number of halogens is 3. The van der Waals surface area contributed by atoms with E-state index in [0.717, 1.165) is 44.9 Å². The molecule has 1 aromatic rings. The molecule has 0 aromatic carbocycles. The number of carboxylic acids is 1. The van der Waals surface area contributed by atoms with Crippen molar-refractivity contribution in [2.75, 3.05) is 26.2 Å². The van der Waals surface area contributed by atoms with Gasteiger partial charge in [-0.25, -0.2) is 9.78 Å². The van der Waals surface area contributed by atoms with Crippen LogP contribution < -0.4 is 0 Å². The molecule has 7 nitrogen and oxygen atoms in total. The molecule has 1 spiro atoms. The number of morpholine rings is 1. The molecular weight excluding hydrogens is 423 g/mol. The summed E-state index contributed by atoms with van der Waals surface area (Å²) >= 11 is 1.72. The summed E-state index contributed by atoms with van der Waals surface area (Å²) in [5.41, 5.74) is -0.137. The van der Waals surface area contributed by atoms with Gasteiger partial charge >= 0.3 is 12.1 Å². The molecule has 3 fully saturated rings. The molecule has 2 aliphatic heterocycles. The van der Waals surface area contributed by atoms with E-state index in [0.29, 0.717) is 0 Å². The number of piperidine rings is 1. The van der Waals surface area contributed by atoms with Crippen molar-refractivity contribution < 1.29 is 32.6 Å². The number of aliphatic carboxylic acids is 1. The van der Waals surface area contributed by atoms with E-state index in [1.54, 1.807) is 11.3 Å². The number of carbonyl (C=O) groups excluding carboxylic acids is 1. The first-order chi connectivity index (χ1) is 14.1. The van der Waals surface area contributed by atoms with Gasteiger partial charge in [0, 0.05) is 31.2 Å². The number of likely N-dealkylation sites (tertiary alicyclic amines) is 1. The van der Waals surface area contributed by atoms with E-state index in [1.165, 1.54) is 17.8 Å². The molecule has 0 radical (unpaired) electrons. The molecule has 1 aliphatic carbocycles. The Bertz CT molecular complexity index is 732. The summed E-state index contributed by atoms with van der Waals surface area (Å²) < 4.78 is 37.9. The van der Waals surface area contributed by atoms with Crippen molar-refractivity contribution in [2.45, 2.75) is 57.0 Å². The van der Waals surface area contributed by atoms with Gasteiger partial charge in [0.1, 0.15) is 11.6 Å². The first-order valence-corrected chi connectivity index (χ1v) is 10.8. The highest BCUT2D eigenvalue weighted by Gasteiger charge is 2.48. The van der Waals surface area contributed by atoms with Crippen LogP contribution >= 0.6 is 11.3 Å². The largest absolute Gasteiger partial charge is 0.490 e. The highest BCUT2D eigenvalue weighted by molar-refractivity contribution is 7.09. The fourth-order valence-electron chi connectivity index (χ4n) is 3.92. The molecule has 30 heavy (non-hydrogen) atoms. The van der Waals surface area contributed by atoms with Crippen molar-refractivity contribution >= 4 is 23.2 Å². The zero-order valence-corrected chi connectivity index (χ0v) is 17.5. The van der Waals surface area contributed by atoms with Crippen LogP contribution in [0.25, 0.3) is 0 Å². The summed E-state index contributed by atoms with van der Waals surface area (Å²) in [4.78, 5) is 30.1. The lowest BCUT2D eigenvalue weighted by Gasteiger charge is -2.51. The van der Waals surface area contributed by atoms with Crippen molar-refractivity contribution in [3.8, 4) is 0 Å². The van der Waals surface area contributed by atoms with Crippen LogP contribution in [-0.2, 0) is 20.9 Å². The van der Waals surface area contributed by atoms with E-state index in [2.05, 4.69) is 21.7 Å². The highest BCUT2D eigenvalue weighted by atomic mass is 32.1. The fraction of sp³-hybridized carbons (Fsp3) is 0.737. The van der Waals surface area contributed by atoms with Crippen LogP contribution in [0.4, 0.5) is 13.2 Å². The molecule has 3 heterocycles. The van der Waals surface area contributed by atoms with Crippen LogP contribution in [0.3, 0.4) is 0 Å². The van der Waals surface area contributed by atoms with E-state index >= 15 is 0 Å². The maximum absolute atomic E-state index is 12.3. The maximum atomic E-state index is 12.3. The molecule has 168 valence electrons. The number of ether oxygens (including phenoxy) is 1. The lowest BCUT2D eigenvalue weighted by molar-refractivity contribution is -0.192. The Morgan fingerprint density at radius 2 is 2.00 bits per heavy atom. The number of rotatable bonds is 4. The van der Waals surface area contributed by atoms with Crippen molar-refractivity contribution in [3.05, 3.63) is 16.6 Å². The third kappa shape index (κ3) is 5.70. The number of hydrogen-bond acceptors (Lipinski definition) is 6. The molecule has 2 saturated heterocycles. The molecular formula is C19H26F3N3O4S. The van der Waals surface area contributed by atoms with Crippen molar-refractivity contribution in [1.82, 2.24) is 14.8 Å². The normalized spacial score (nSPS) is 24.5. The van der Waals surface area contributed by atoms with Crippen LogP contribution in [0.2, 0.25) is 0 Å². The number of hydrogen-bond donors (Lipinski definition) is 1. The molecule has 1 unspecified atom stereocenters. The van der Waals surface area contributed by atoms with E-state index in [1.807, 2.05) is 11.6 Å². The molecule has 1 N–H and O–H groups in total. The second-order valence-corrected chi connectivity index (χ2v) is 9.00. The van der Waals surface area contributed by atoms with Crippen LogP contribution in [0, 0.1) is 5.92 Å². The van der Waals surface area contributed by atoms with E-state index in [9.17, 15) is 18.0 Å². The summed E-state index contributed by atoms with van der Waals surface area (Å²) in [6, 6.07) is 0.200. The molecule has 1 atom stereocenters. The van der Waals surface area contributed by atoms with E-state index < -0.39 is 12.1 Å². The second kappa shape index (κ2) is 9.19. The SMILES string of the molecule is CC1N(CC2CC2)C(=O)COC12CCN(Cc1nccs1)CC2.O=C(O)C(F)(F)F. The summed E-state index contributed by atoms with van der Waals surface area (Å²) in [6.07, 6.45) is 1.37. The monoisotopic (exact) mass is 449 g/mol. The molecule has 1 amide bonds. The number of nitrogens with zero attached hydrogens (tertiary/aromatic N) is 3. The minimum Gasteiger partial charge on any atom is -0.475 e. The maximum Gasteiger partial charge on any atom is 0.490 e. The zero-order chi connectivity index (χ0) is 21.9. The highest BCUT2D eigenvalue weighted by Crippen LogP contribution is 2.38. The predicted octanol–water partition coefficient (Wildman–Crippen LogP) is 2.77. The van der Waals surface area contributed by atoms with Crippen LogP contribution in [0.1, 0.15) is 37.6 Å². The Kier molecular flexibility index (Phi) is 7.03. The van der Waals surface area contributed by atoms with Crippen molar-refractivity contribution in [3.63, 3.8) is 0 Å². The first kappa shape index (κ1) is 23.0. The molecule has 1 aromatic heterocycles. The van der Waals surface area contributed by atoms with Gasteiger partial charge in [-0.3, -0.25) is 9.69 Å². The van der Waals surface area contributed by atoms with Gasteiger partial charge in [-0.05, 0) is 38.5 Å². The Labute approximate surface area is 176 Å². The predicted molar refractivity (Wildman–Crippen MR) is 103 cm³/mol. The van der Waals surface area contributed by atoms with Gasteiger partial charge < -0.3 is 14.7 Å². The van der Waals surface area contributed by atoms with Gasteiger partial charge in [-0.15, -0.1) is 11.3 Å². The van der Waals surface area contributed by atoms with E-state index in [4.69, 9.17) is 14.6 Å².